The van der Waals surface area contributed by atoms with E-state index in [4.69, 9.17) is 68.2 Å². The number of allylic oxidation sites excluding steroid dienone is 1. The summed E-state index contributed by atoms with van der Waals surface area (Å²) < 4.78 is 90.4. The lowest BCUT2D eigenvalue weighted by Crippen LogP contribution is -2.62. The van der Waals surface area contributed by atoms with E-state index in [1.165, 1.54) is 11.1 Å². The minimum absolute atomic E-state index is 0.0271. The van der Waals surface area contributed by atoms with Crippen molar-refractivity contribution in [3.8, 4) is 0 Å². The Kier molecular flexibility index (Phi) is 13.8. The first-order valence-corrected chi connectivity index (χ1v) is 31.5. The molecule has 32 atom stereocenters. The van der Waals surface area contributed by atoms with Gasteiger partial charge in [-0.2, -0.15) is 0 Å². The zero-order valence-electron chi connectivity index (χ0n) is 47.1. The largest absolute Gasteiger partial charge is 0.459 e. The topological polar surface area (TPSA) is 198 Å². The molecule has 16 aliphatic rings. The molecule has 0 aromatic heterocycles. The monoisotopic (exact) mass is 1110 g/mol. The summed E-state index contributed by atoms with van der Waals surface area (Å²) in [5, 5.41) is 30.4. The Morgan fingerprint density at radius 2 is 1.30 bits per heavy atom. The standard InChI is InChI=1S/C62H90O17/c1-28-13-34-7-9-41-29(2)14-39(67-41)11-12-61-26-49-56(78-61)57-58(73-49)59(79-61)55-42(70-57)10-8-38(68-55)18-50(66)74-54-33(6)53-46(69-45(54)16-35(15-34)32(28)5)20-44-48(72-53)25-62(76-44)24-36-23-60(21-30(3)51(36)77-62)22-31(4)52-47(75-60)19-43(71-52)40(65)17-37(64)27-63/h28,30-31,33-49,51-59,63-65H,2,5,7-27H2,1,3-4,6H3/t28-,30+,31+,33+,34+,35?,36+,37+,38-,39+,40-,41?,42+,43+,44-,45+,46+,47+,48-,49?,51+,52+,53+,54-,55+,56+,57+,58-,59+,60-,61+,62-/m1/s1. The summed E-state index contributed by atoms with van der Waals surface area (Å²) in [5.74, 6) is -0.282. The average Bonchev–Trinajstić information content (AvgIpc) is 4.26. The van der Waals surface area contributed by atoms with Crippen molar-refractivity contribution >= 4 is 5.97 Å². The van der Waals surface area contributed by atoms with Gasteiger partial charge in [-0.25, -0.2) is 0 Å². The smallest absolute Gasteiger partial charge is 0.308 e. The van der Waals surface area contributed by atoms with Gasteiger partial charge in [-0.3, -0.25) is 4.79 Å². The second-order valence-electron chi connectivity index (χ2n) is 28.7. The van der Waals surface area contributed by atoms with Gasteiger partial charge in [0.1, 0.15) is 36.6 Å². The maximum absolute atomic E-state index is 14.6. The van der Waals surface area contributed by atoms with Crippen LogP contribution in [-0.2, 0) is 66.4 Å². The normalized spacial score (nSPS) is 57.2. The summed E-state index contributed by atoms with van der Waals surface area (Å²) in [6, 6.07) is 0. The Bertz CT molecular complexity index is 2340. The Labute approximate surface area is 466 Å². The van der Waals surface area contributed by atoms with Gasteiger partial charge < -0.3 is 76.9 Å². The summed E-state index contributed by atoms with van der Waals surface area (Å²) in [4.78, 5) is 14.6. The third-order valence-corrected chi connectivity index (χ3v) is 23.1. The molecule has 0 amide bonds. The van der Waals surface area contributed by atoms with Crippen LogP contribution >= 0.6 is 0 Å². The molecule has 2 saturated carbocycles. The van der Waals surface area contributed by atoms with E-state index in [-0.39, 0.29) is 158 Å². The number of hydrogen-bond acceptors (Lipinski definition) is 17. The van der Waals surface area contributed by atoms with Crippen LogP contribution in [0, 0.1) is 41.4 Å². The minimum atomic E-state index is -0.986. The van der Waals surface area contributed by atoms with Crippen molar-refractivity contribution in [1.29, 1.82) is 0 Å². The van der Waals surface area contributed by atoms with Gasteiger partial charge in [0.05, 0.1) is 116 Å². The predicted molar refractivity (Wildman–Crippen MR) is 280 cm³/mol. The SMILES string of the molecule is C=C1C[C@@H]2CC[C@@]34CC5O[C@H]6[C@@H](O3)[C@H]3O[C@H](CC[C@@H]3O[C@H]6[C@H]5O4)CC(=O)O[C@@H]3[C@@H](C)[C@@H]4O[C@@H]5C[C@]6(C[C@@H]7C[C@@]8(C[C@H](C)[C@@H]7O6)C[C@H](C)[C@@H]6O[C@H]([C@H](O)C[C@H](O)CO)C[C@@H]6O8)O[C@@H]5C[C@@H]4O[C@H]3CC3C[C@@H](CCC1O2)C[C@@H](C)C3=C. The van der Waals surface area contributed by atoms with E-state index in [1.54, 1.807) is 0 Å². The van der Waals surface area contributed by atoms with Gasteiger partial charge in [0, 0.05) is 50.9 Å². The van der Waals surface area contributed by atoms with E-state index in [9.17, 15) is 20.1 Å². The van der Waals surface area contributed by atoms with Gasteiger partial charge in [0.15, 0.2) is 11.6 Å². The number of aliphatic hydroxyl groups excluding tert-OH is 3. The Hall–Kier alpha value is -1.65. The van der Waals surface area contributed by atoms with Crippen LogP contribution in [0.3, 0.4) is 0 Å². The number of carbonyl (C=O) groups excluding carboxylic acids is 1. The molecule has 0 aromatic rings. The molecule has 17 nitrogen and oxygen atoms in total. The molecule has 3 unspecified atom stereocenters. The van der Waals surface area contributed by atoms with Crippen molar-refractivity contribution in [2.75, 3.05) is 6.61 Å². The molecule has 14 aliphatic heterocycles. The van der Waals surface area contributed by atoms with E-state index in [1.807, 2.05) is 0 Å². The van der Waals surface area contributed by atoms with Crippen molar-refractivity contribution < 1.29 is 81.7 Å². The van der Waals surface area contributed by atoms with Crippen LogP contribution in [0.15, 0.2) is 24.3 Å². The van der Waals surface area contributed by atoms with Crippen molar-refractivity contribution in [3.05, 3.63) is 24.3 Å². The van der Waals surface area contributed by atoms with Crippen LogP contribution < -0.4 is 0 Å². The Balaban J connectivity index is 0.655. The minimum Gasteiger partial charge on any atom is -0.459 e. The Morgan fingerprint density at radius 3 is 2.15 bits per heavy atom. The molecule has 2 aliphatic carbocycles. The van der Waals surface area contributed by atoms with Crippen molar-refractivity contribution in [3.63, 3.8) is 0 Å². The molecule has 79 heavy (non-hydrogen) atoms. The van der Waals surface area contributed by atoms with Crippen LogP contribution in [0.4, 0.5) is 0 Å². The molecule has 3 N–H and O–H groups in total. The third kappa shape index (κ3) is 9.45. The first-order valence-electron chi connectivity index (χ1n) is 31.5. The van der Waals surface area contributed by atoms with Crippen LogP contribution in [-0.4, -0.2) is 179 Å². The zero-order valence-corrected chi connectivity index (χ0v) is 47.1. The van der Waals surface area contributed by atoms with E-state index >= 15 is 0 Å². The summed E-state index contributed by atoms with van der Waals surface area (Å²) >= 11 is 0. The fourth-order valence-electron chi connectivity index (χ4n) is 19.7. The summed E-state index contributed by atoms with van der Waals surface area (Å²) in [7, 11) is 0. The van der Waals surface area contributed by atoms with Crippen molar-refractivity contribution in [2.45, 2.75) is 308 Å². The highest BCUT2D eigenvalue weighted by molar-refractivity contribution is 5.70. The molecule has 12 bridgehead atoms. The van der Waals surface area contributed by atoms with Crippen molar-refractivity contribution in [2.24, 2.45) is 41.4 Å². The third-order valence-electron chi connectivity index (χ3n) is 23.1. The molecule has 0 aromatic carbocycles. The van der Waals surface area contributed by atoms with Gasteiger partial charge in [-0.15, -0.1) is 0 Å². The highest BCUT2D eigenvalue weighted by Crippen LogP contribution is 2.60. The van der Waals surface area contributed by atoms with Gasteiger partial charge >= 0.3 is 5.97 Å². The quantitative estimate of drug-likeness (QED) is 0.205. The molecule has 14 saturated heterocycles. The number of rotatable bonds is 4. The van der Waals surface area contributed by atoms with Crippen LogP contribution in [0.1, 0.15) is 156 Å². The molecule has 3 spiro atoms. The molecule has 14 heterocycles. The lowest BCUT2D eigenvalue weighted by Gasteiger charge is -2.51. The Morgan fingerprint density at radius 1 is 0.557 bits per heavy atom. The molecule has 16 rings (SSSR count). The molecule has 16 fully saturated rings. The lowest BCUT2D eigenvalue weighted by atomic mass is 9.66. The maximum Gasteiger partial charge on any atom is 0.308 e. The molecule has 440 valence electrons. The molecular weight excluding hydrogens is 1020 g/mol. The van der Waals surface area contributed by atoms with Crippen LogP contribution in [0.2, 0.25) is 0 Å². The summed E-state index contributed by atoms with van der Waals surface area (Å²) in [5.41, 5.74) is 2.11. The average molecular weight is 1110 g/mol. The molecule has 17 heteroatoms. The van der Waals surface area contributed by atoms with Crippen LogP contribution in [0.5, 0.6) is 0 Å². The highest BCUT2D eigenvalue weighted by Gasteiger charge is 2.70. The number of carbonyl (C=O) groups is 1. The fraction of sp³-hybridized carbons (Fsp3) is 0.919. The molecular formula is C62H90O17. The van der Waals surface area contributed by atoms with Crippen molar-refractivity contribution in [1.82, 2.24) is 0 Å². The van der Waals surface area contributed by atoms with E-state index < -0.39 is 48.7 Å². The number of hydrogen-bond donors (Lipinski definition) is 3. The van der Waals surface area contributed by atoms with Crippen LogP contribution in [0.25, 0.3) is 0 Å². The van der Waals surface area contributed by atoms with E-state index in [0.29, 0.717) is 56.8 Å². The fourth-order valence-corrected chi connectivity index (χ4v) is 19.7. The number of aliphatic hydroxyl groups is 3. The van der Waals surface area contributed by atoms with E-state index in [2.05, 4.69) is 34.3 Å². The number of fused-ring (bicyclic) bond motifs is 10. The predicted octanol–water partition coefficient (Wildman–Crippen LogP) is 6.46. The first-order chi connectivity index (χ1) is 38.0. The molecule has 0 radical (unpaired) electrons. The van der Waals surface area contributed by atoms with Gasteiger partial charge in [0.2, 0.25) is 0 Å². The second kappa shape index (κ2) is 20.2. The number of esters is 1. The first kappa shape index (κ1) is 54.0. The number of ether oxygens (including phenoxy) is 13. The van der Waals surface area contributed by atoms with Gasteiger partial charge in [-0.1, -0.05) is 46.4 Å². The summed E-state index contributed by atoms with van der Waals surface area (Å²) in [6.45, 7) is 17.9. The van der Waals surface area contributed by atoms with E-state index in [0.717, 1.165) is 70.6 Å². The summed E-state index contributed by atoms with van der Waals surface area (Å²) in [6.07, 6.45) is 8.19. The highest BCUT2D eigenvalue weighted by atomic mass is 16.8. The van der Waals surface area contributed by atoms with Gasteiger partial charge in [0.25, 0.3) is 0 Å². The maximum atomic E-state index is 14.6. The zero-order chi connectivity index (χ0) is 54.0. The second-order valence-corrected chi connectivity index (χ2v) is 28.7. The lowest BCUT2D eigenvalue weighted by molar-refractivity contribution is -0.293. The van der Waals surface area contributed by atoms with Gasteiger partial charge in [-0.05, 0) is 118 Å².